The number of aromatic nitrogens is 2. The van der Waals surface area contributed by atoms with Crippen LogP contribution < -0.4 is 16.2 Å². The third-order valence-electron chi connectivity index (χ3n) is 9.63. The van der Waals surface area contributed by atoms with Gasteiger partial charge in [-0.1, -0.05) is 49.2 Å². The zero-order valence-electron chi connectivity index (χ0n) is 26.5. The average Bonchev–Trinajstić information content (AvgIpc) is 3.00. The predicted octanol–water partition coefficient (Wildman–Crippen LogP) is 5.03. The van der Waals surface area contributed by atoms with Gasteiger partial charge in [-0.3, -0.25) is 34.1 Å². The summed E-state index contributed by atoms with van der Waals surface area (Å²) in [6, 6.07) is 13.2. The molecule has 3 aromatic rings. The fourth-order valence-electron chi connectivity index (χ4n) is 7.05. The van der Waals surface area contributed by atoms with Crippen molar-refractivity contribution >= 4 is 45.6 Å². The summed E-state index contributed by atoms with van der Waals surface area (Å²) in [4.78, 5) is 47.7. The molecule has 2 aliphatic heterocycles. The Balaban J connectivity index is 1.08. The molecule has 2 saturated heterocycles. The van der Waals surface area contributed by atoms with Crippen molar-refractivity contribution in [3.05, 3.63) is 74.8 Å². The van der Waals surface area contributed by atoms with Gasteiger partial charge in [-0.05, 0) is 73.4 Å². The third kappa shape index (κ3) is 7.00. The lowest BCUT2D eigenvalue weighted by Gasteiger charge is -2.38. The summed E-state index contributed by atoms with van der Waals surface area (Å²) in [5, 5.41) is 7.08. The van der Waals surface area contributed by atoms with E-state index >= 15 is 0 Å². The maximum absolute atomic E-state index is 13.7. The number of benzene rings is 2. The molecule has 0 spiro atoms. The highest BCUT2D eigenvalue weighted by molar-refractivity contribution is 6.30. The van der Waals surface area contributed by atoms with Crippen molar-refractivity contribution in [2.45, 2.75) is 58.9 Å². The summed E-state index contributed by atoms with van der Waals surface area (Å²) in [7, 11) is 0. The van der Waals surface area contributed by atoms with Crippen LogP contribution in [0.4, 0.5) is 5.69 Å². The van der Waals surface area contributed by atoms with Crippen LogP contribution in [0.5, 0.6) is 0 Å². The molecule has 2 aromatic carbocycles. The second-order valence-corrected chi connectivity index (χ2v) is 13.9. The van der Waals surface area contributed by atoms with Crippen LogP contribution in [0, 0.1) is 12.3 Å². The molecule has 0 bridgehead atoms. The van der Waals surface area contributed by atoms with Gasteiger partial charge in [0.2, 0.25) is 11.8 Å². The molecule has 1 aliphatic carbocycles. The van der Waals surface area contributed by atoms with E-state index in [0.29, 0.717) is 34.4 Å². The normalized spacial score (nSPS) is 21.3. The molecule has 1 atom stereocenters. The Morgan fingerprint density at radius 1 is 1.00 bits per heavy atom. The van der Waals surface area contributed by atoms with Gasteiger partial charge in [0.15, 0.2) is 0 Å². The number of nitrogens with one attached hydrogen (secondary N) is 2. The summed E-state index contributed by atoms with van der Waals surface area (Å²) < 4.78 is 1.44. The number of carbonyl (C=O) groups excluding carboxylic acids is 2. The number of fused-ring (bicyclic) bond motifs is 1. The molecule has 0 saturated carbocycles. The van der Waals surface area contributed by atoms with E-state index in [1.54, 1.807) is 12.5 Å². The number of hydrogen-bond acceptors (Lipinski definition) is 7. The number of allylic oxidation sites excluding steroid dienone is 1. The van der Waals surface area contributed by atoms with Gasteiger partial charge in [-0.2, -0.15) is 0 Å². The average molecular weight is 631 g/mol. The van der Waals surface area contributed by atoms with Gasteiger partial charge in [-0.25, -0.2) is 4.98 Å². The number of aryl methyl sites for hydroxylation is 1. The minimum absolute atomic E-state index is 0.201. The van der Waals surface area contributed by atoms with Gasteiger partial charge in [0, 0.05) is 62.9 Å². The van der Waals surface area contributed by atoms with Crippen LogP contribution in [-0.2, 0) is 9.59 Å². The number of imide groups is 1. The quantitative estimate of drug-likeness (QED) is 0.337. The van der Waals surface area contributed by atoms with Crippen molar-refractivity contribution in [3.63, 3.8) is 0 Å². The van der Waals surface area contributed by atoms with E-state index in [2.05, 4.69) is 51.4 Å². The van der Waals surface area contributed by atoms with E-state index in [4.69, 9.17) is 11.6 Å². The molecule has 1 aromatic heterocycles. The molecule has 238 valence electrons. The first-order chi connectivity index (χ1) is 21.6. The fraction of sp³-hybridized carbons (Fsp3) is 0.486. The summed E-state index contributed by atoms with van der Waals surface area (Å²) in [6.45, 7) is 13.1. The topological polar surface area (TPSA) is 99.6 Å². The lowest BCUT2D eigenvalue weighted by Crippen LogP contribution is -2.48. The molecule has 6 rings (SSSR count). The Bertz CT molecular complexity index is 1690. The Morgan fingerprint density at radius 3 is 2.47 bits per heavy atom. The molecule has 1 unspecified atom stereocenters. The molecule has 2 amide bonds. The first kappa shape index (κ1) is 31.5. The minimum Gasteiger partial charge on any atom is -0.383 e. The smallest absolute Gasteiger partial charge is 0.264 e. The van der Waals surface area contributed by atoms with E-state index in [-0.39, 0.29) is 24.3 Å². The van der Waals surface area contributed by atoms with E-state index in [1.807, 2.05) is 30.3 Å². The van der Waals surface area contributed by atoms with Crippen LogP contribution in [0.3, 0.4) is 0 Å². The molecule has 10 heteroatoms. The number of nitrogens with zero attached hydrogens (tertiary/aromatic N) is 4. The summed E-state index contributed by atoms with van der Waals surface area (Å²) in [5.41, 5.74) is 5.71. The molecular formula is C35H43ClN6O3. The maximum atomic E-state index is 13.7. The number of piperidine rings is 1. The first-order valence-corrected chi connectivity index (χ1v) is 16.5. The summed E-state index contributed by atoms with van der Waals surface area (Å²) in [6.07, 6.45) is 3.94. The molecule has 45 heavy (non-hydrogen) atoms. The highest BCUT2D eigenvalue weighted by Crippen LogP contribution is 2.43. The Morgan fingerprint density at radius 2 is 1.73 bits per heavy atom. The molecule has 9 nitrogen and oxygen atoms in total. The Kier molecular flexibility index (Phi) is 9.13. The molecule has 0 radical (unpaired) electrons. The van der Waals surface area contributed by atoms with Crippen molar-refractivity contribution in [2.24, 2.45) is 5.41 Å². The van der Waals surface area contributed by atoms with Gasteiger partial charge in [0.05, 0.1) is 10.9 Å². The number of piperazine rings is 1. The number of anilines is 1. The van der Waals surface area contributed by atoms with Gasteiger partial charge >= 0.3 is 0 Å². The van der Waals surface area contributed by atoms with Crippen LogP contribution in [0.2, 0.25) is 5.02 Å². The zero-order chi connectivity index (χ0) is 31.7. The van der Waals surface area contributed by atoms with Crippen molar-refractivity contribution in [2.75, 3.05) is 51.1 Å². The van der Waals surface area contributed by atoms with Crippen LogP contribution in [0.1, 0.15) is 63.4 Å². The predicted molar refractivity (Wildman–Crippen MR) is 180 cm³/mol. The maximum Gasteiger partial charge on any atom is 0.264 e. The largest absolute Gasteiger partial charge is 0.383 e. The number of carbonyl (C=O) groups is 2. The standard InChI is InChI=1S/C35H43ClN6O3/c1-23-38-29-6-4-5-28(32(29)34(45)42(23)30-11-12-31(43)39-33(30)44)37-15-16-40-17-19-41(20-18-40)22-25-13-14-35(2,3)21-27(25)24-7-9-26(36)10-8-24/h4-10,30,37H,11-22H2,1-3H3,(H,39,43,44). The van der Waals surface area contributed by atoms with Crippen molar-refractivity contribution in [1.29, 1.82) is 0 Å². The van der Waals surface area contributed by atoms with E-state index < -0.39 is 11.9 Å². The number of amides is 2. The highest BCUT2D eigenvalue weighted by atomic mass is 35.5. The Hall–Kier alpha value is -3.53. The number of rotatable bonds is 8. The van der Waals surface area contributed by atoms with Crippen molar-refractivity contribution in [1.82, 2.24) is 24.7 Å². The highest BCUT2D eigenvalue weighted by Gasteiger charge is 2.31. The van der Waals surface area contributed by atoms with E-state index in [1.165, 1.54) is 22.1 Å². The summed E-state index contributed by atoms with van der Waals surface area (Å²) in [5.74, 6) is -0.297. The van der Waals surface area contributed by atoms with E-state index in [9.17, 15) is 14.4 Å². The fourth-order valence-corrected chi connectivity index (χ4v) is 7.18. The molecular weight excluding hydrogens is 588 g/mol. The lowest BCUT2D eigenvalue weighted by molar-refractivity contribution is -0.135. The van der Waals surface area contributed by atoms with E-state index in [0.717, 1.165) is 57.1 Å². The molecule has 3 heterocycles. The van der Waals surface area contributed by atoms with Gasteiger partial charge in [0.1, 0.15) is 11.9 Å². The van der Waals surface area contributed by atoms with Crippen LogP contribution in [0.15, 0.2) is 52.8 Å². The van der Waals surface area contributed by atoms with Gasteiger partial charge in [0.25, 0.3) is 5.56 Å². The SMILES string of the molecule is Cc1nc2cccc(NCCN3CCN(CC4=C(c5ccc(Cl)cc5)CC(C)(C)CC4)CC3)c2c(=O)n1C1CCC(=O)NC1=O. The second-order valence-electron chi connectivity index (χ2n) is 13.5. The van der Waals surface area contributed by atoms with Crippen LogP contribution in [-0.4, -0.2) is 77.0 Å². The van der Waals surface area contributed by atoms with Gasteiger partial charge < -0.3 is 5.32 Å². The van der Waals surface area contributed by atoms with Crippen LogP contribution >= 0.6 is 11.6 Å². The van der Waals surface area contributed by atoms with Crippen LogP contribution in [0.25, 0.3) is 16.5 Å². The van der Waals surface area contributed by atoms with Crippen molar-refractivity contribution in [3.8, 4) is 0 Å². The van der Waals surface area contributed by atoms with Gasteiger partial charge in [-0.15, -0.1) is 0 Å². The minimum atomic E-state index is -0.741. The molecule has 3 aliphatic rings. The summed E-state index contributed by atoms with van der Waals surface area (Å²) >= 11 is 6.19. The molecule has 2 N–H and O–H groups in total. The monoisotopic (exact) mass is 630 g/mol. The Labute approximate surface area is 269 Å². The first-order valence-electron chi connectivity index (χ1n) is 16.1. The molecule has 2 fully saturated rings. The second kappa shape index (κ2) is 13.1. The number of halogens is 1. The van der Waals surface area contributed by atoms with Crippen molar-refractivity contribution < 1.29 is 9.59 Å². The third-order valence-corrected chi connectivity index (χ3v) is 9.88. The lowest BCUT2D eigenvalue weighted by atomic mass is 9.72. The zero-order valence-corrected chi connectivity index (χ0v) is 27.3. The number of hydrogen-bond donors (Lipinski definition) is 2.